The summed E-state index contributed by atoms with van der Waals surface area (Å²) in [6.45, 7) is 0. The summed E-state index contributed by atoms with van der Waals surface area (Å²) >= 11 is 8.37. The smallest absolute Gasteiger partial charge is 0.276 e. The molecule has 10 heteroatoms. The fourth-order valence-corrected chi connectivity index (χ4v) is 4.73. The molecule has 2 aromatic carbocycles. The zero-order chi connectivity index (χ0) is 22.0. The van der Waals surface area contributed by atoms with Gasteiger partial charge in [0.15, 0.2) is 5.16 Å². The quantitative estimate of drug-likeness (QED) is 0.314. The molecule has 0 unspecified atom stereocenters. The highest BCUT2D eigenvalue weighted by molar-refractivity contribution is 7.99. The van der Waals surface area contributed by atoms with E-state index in [9.17, 15) is 14.0 Å². The third-order valence-electron chi connectivity index (χ3n) is 4.31. The van der Waals surface area contributed by atoms with Gasteiger partial charge in [-0.05, 0) is 41.8 Å². The fourth-order valence-electron chi connectivity index (χ4n) is 2.91. The van der Waals surface area contributed by atoms with Crippen molar-refractivity contribution in [1.29, 1.82) is 0 Å². The number of aromatic nitrogens is 2. The Labute approximate surface area is 189 Å². The molecule has 31 heavy (non-hydrogen) atoms. The van der Waals surface area contributed by atoms with Crippen LogP contribution in [0, 0.1) is 5.82 Å². The van der Waals surface area contributed by atoms with E-state index >= 15 is 0 Å². The Balaban J connectivity index is 1.61. The number of nitrogens with zero attached hydrogens (tertiary/aromatic N) is 2. The Morgan fingerprint density at radius 3 is 2.84 bits per heavy atom. The number of fused-ring (bicyclic) bond motifs is 1. The lowest BCUT2D eigenvalue weighted by molar-refractivity contribution is -0.113. The molecule has 0 aliphatic rings. The lowest BCUT2D eigenvalue weighted by Gasteiger charge is -2.13. The molecule has 0 radical (unpaired) electrons. The summed E-state index contributed by atoms with van der Waals surface area (Å²) in [6, 6.07) is 12.6. The summed E-state index contributed by atoms with van der Waals surface area (Å²) in [6.07, 6.45) is 0. The molecule has 2 aromatic heterocycles. The summed E-state index contributed by atoms with van der Waals surface area (Å²) in [4.78, 5) is 30.0. The van der Waals surface area contributed by atoms with Crippen molar-refractivity contribution in [2.45, 2.75) is 5.16 Å². The van der Waals surface area contributed by atoms with E-state index < -0.39 is 5.82 Å². The van der Waals surface area contributed by atoms with Crippen LogP contribution in [0.4, 0.5) is 10.1 Å². The zero-order valence-electron chi connectivity index (χ0n) is 16.1. The minimum atomic E-state index is -0.554. The average molecular weight is 476 g/mol. The van der Waals surface area contributed by atoms with E-state index in [4.69, 9.17) is 16.3 Å². The molecule has 0 saturated heterocycles. The number of hydrogen-bond donors (Lipinski definition) is 1. The molecular weight excluding hydrogens is 461 g/mol. The first-order chi connectivity index (χ1) is 15.0. The highest BCUT2D eigenvalue weighted by Gasteiger charge is 2.18. The molecule has 6 nitrogen and oxygen atoms in total. The van der Waals surface area contributed by atoms with Gasteiger partial charge in [0.25, 0.3) is 5.56 Å². The first kappa shape index (κ1) is 21.4. The maximum atomic E-state index is 14.5. The van der Waals surface area contributed by atoms with E-state index in [1.807, 2.05) is 0 Å². The van der Waals surface area contributed by atoms with Crippen LogP contribution in [0.1, 0.15) is 0 Å². The molecular formula is C21H15ClFN3O3S2. The van der Waals surface area contributed by atoms with E-state index in [-0.39, 0.29) is 28.1 Å². The van der Waals surface area contributed by atoms with Crippen molar-refractivity contribution in [3.63, 3.8) is 0 Å². The molecule has 0 aliphatic heterocycles. The van der Waals surface area contributed by atoms with Gasteiger partial charge in [-0.15, -0.1) is 11.3 Å². The summed E-state index contributed by atoms with van der Waals surface area (Å²) in [5.74, 6) is -0.427. The molecule has 0 bridgehead atoms. The van der Waals surface area contributed by atoms with Gasteiger partial charge >= 0.3 is 0 Å². The van der Waals surface area contributed by atoms with Crippen molar-refractivity contribution in [1.82, 2.24) is 9.55 Å². The van der Waals surface area contributed by atoms with E-state index in [2.05, 4.69) is 10.3 Å². The minimum absolute atomic E-state index is 0.0415. The fraction of sp³-hybridized carbons (Fsp3) is 0.0952. The SMILES string of the molecule is COc1ccc(NC(=O)CSc2nc3ccsc3c(=O)n2-c2ccccc2F)cc1Cl. The molecule has 158 valence electrons. The maximum Gasteiger partial charge on any atom is 0.276 e. The Hall–Kier alpha value is -2.88. The van der Waals surface area contributed by atoms with Crippen LogP contribution in [0.15, 0.2) is 63.9 Å². The number of methoxy groups -OCH3 is 1. The standard InChI is InChI=1S/C21H15ClFN3O3S2/c1-29-17-7-6-12(10-13(17)22)24-18(27)11-31-21-25-15-8-9-30-19(15)20(28)26(21)16-5-3-2-4-14(16)23/h2-10H,11H2,1H3,(H,24,27). The van der Waals surface area contributed by atoms with Crippen molar-refractivity contribution < 1.29 is 13.9 Å². The second-order valence-corrected chi connectivity index (χ2v) is 8.57. The number of benzene rings is 2. The molecule has 0 fully saturated rings. The number of anilines is 1. The Kier molecular flexibility index (Phi) is 6.26. The molecule has 0 atom stereocenters. The predicted octanol–water partition coefficient (Wildman–Crippen LogP) is 4.98. The molecule has 4 aromatic rings. The number of rotatable bonds is 6. The summed E-state index contributed by atoms with van der Waals surface area (Å²) in [5, 5.41) is 5.08. The van der Waals surface area contributed by atoms with Gasteiger partial charge in [-0.2, -0.15) is 0 Å². The Morgan fingerprint density at radius 1 is 1.29 bits per heavy atom. The van der Waals surface area contributed by atoms with E-state index in [1.54, 1.807) is 41.8 Å². The second kappa shape index (κ2) is 9.09. The van der Waals surface area contributed by atoms with Crippen molar-refractivity contribution in [2.24, 2.45) is 0 Å². The van der Waals surface area contributed by atoms with Crippen LogP contribution in [0.2, 0.25) is 5.02 Å². The average Bonchev–Trinajstić information content (AvgIpc) is 3.22. The first-order valence-corrected chi connectivity index (χ1v) is 11.2. The van der Waals surface area contributed by atoms with Crippen LogP contribution >= 0.6 is 34.7 Å². The number of thiophene rings is 1. The second-order valence-electron chi connectivity index (χ2n) is 6.31. The molecule has 0 saturated carbocycles. The van der Waals surface area contributed by atoms with Gasteiger partial charge in [-0.1, -0.05) is 35.5 Å². The summed E-state index contributed by atoms with van der Waals surface area (Å²) in [7, 11) is 1.50. The van der Waals surface area contributed by atoms with Gasteiger partial charge in [0.05, 0.1) is 29.1 Å². The van der Waals surface area contributed by atoms with Gasteiger partial charge in [0.1, 0.15) is 16.3 Å². The molecule has 0 spiro atoms. The third-order valence-corrected chi connectivity index (χ3v) is 6.44. The summed E-state index contributed by atoms with van der Waals surface area (Å²) in [5.41, 5.74) is 0.715. The van der Waals surface area contributed by atoms with Crippen molar-refractivity contribution in [2.75, 3.05) is 18.2 Å². The number of para-hydroxylation sites is 1. The predicted molar refractivity (Wildman–Crippen MR) is 123 cm³/mol. The number of thioether (sulfide) groups is 1. The number of hydrogen-bond acceptors (Lipinski definition) is 6. The van der Waals surface area contributed by atoms with Crippen molar-refractivity contribution >= 4 is 56.5 Å². The van der Waals surface area contributed by atoms with Gasteiger partial charge in [-0.3, -0.25) is 14.2 Å². The molecule has 4 rings (SSSR count). The minimum Gasteiger partial charge on any atom is -0.495 e. The van der Waals surface area contributed by atoms with Gasteiger partial charge in [-0.25, -0.2) is 9.37 Å². The third kappa shape index (κ3) is 4.43. The first-order valence-electron chi connectivity index (χ1n) is 8.99. The monoisotopic (exact) mass is 475 g/mol. The van der Waals surface area contributed by atoms with Crippen LogP contribution in [-0.2, 0) is 4.79 Å². The number of nitrogens with one attached hydrogen (secondary N) is 1. The van der Waals surface area contributed by atoms with Crippen LogP contribution in [0.3, 0.4) is 0 Å². The largest absolute Gasteiger partial charge is 0.495 e. The van der Waals surface area contributed by atoms with Crippen LogP contribution in [0.5, 0.6) is 5.75 Å². The number of amides is 1. The number of carbonyl (C=O) groups is 1. The lowest BCUT2D eigenvalue weighted by atomic mass is 10.3. The Morgan fingerprint density at radius 2 is 2.10 bits per heavy atom. The highest BCUT2D eigenvalue weighted by Crippen LogP contribution is 2.28. The molecule has 1 amide bonds. The topological polar surface area (TPSA) is 73.2 Å². The van der Waals surface area contributed by atoms with Crippen LogP contribution in [0.25, 0.3) is 15.9 Å². The van der Waals surface area contributed by atoms with Crippen molar-refractivity contribution in [3.05, 3.63) is 75.1 Å². The van der Waals surface area contributed by atoms with Gasteiger partial charge in [0.2, 0.25) is 5.91 Å². The summed E-state index contributed by atoms with van der Waals surface area (Å²) < 4.78 is 21.2. The normalized spacial score (nSPS) is 10.9. The van der Waals surface area contributed by atoms with Gasteiger partial charge in [0, 0.05) is 5.69 Å². The highest BCUT2D eigenvalue weighted by atomic mass is 35.5. The van der Waals surface area contributed by atoms with E-state index in [0.29, 0.717) is 26.7 Å². The zero-order valence-corrected chi connectivity index (χ0v) is 18.5. The number of halogens is 2. The van der Waals surface area contributed by atoms with E-state index in [1.165, 1.54) is 35.1 Å². The Bertz CT molecular complexity index is 1340. The maximum absolute atomic E-state index is 14.5. The number of carbonyl (C=O) groups excluding carboxylic acids is 1. The molecule has 1 N–H and O–H groups in total. The molecule has 0 aliphatic carbocycles. The van der Waals surface area contributed by atoms with Crippen LogP contribution < -0.4 is 15.6 Å². The lowest BCUT2D eigenvalue weighted by Crippen LogP contribution is -2.23. The van der Waals surface area contributed by atoms with Crippen LogP contribution in [-0.4, -0.2) is 28.3 Å². The van der Waals surface area contributed by atoms with Gasteiger partial charge < -0.3 is 10.1 Å². The van der Waals surface area contributed by atoms with Crippen molar-refractivity contribution in [3.8, 4) is 11.4 Å². The van der Waals surface area contributed by atoms with E-state index in [0.717, 1.165) is 11.8 Å². The molecule has 2 heterocycles. The number of ether oxygens (including phenoxy) is 1.